The lowest BCUT2D eigenvalue weighted by atomic mass is 9.97. The topological polar surface area (TPSA) is 35.2 Å². The van der Waals surface area contributed by atoms with Crippen molar-refractivity contribution in [3.05, 3.63) is 35.1 Å². The van der Waals surface area contributed by atoms with Gasteiger partial charge in [-0.05, 0) is 56.2 Å². The minimum atomic E-state index is -0.165. The van der Waals surface area contributed by atoms with Crippen LogP contribution in [0.5, 0.6) is 0 Å². The molecule has 3 heteroatoms. The van der Waals surface area contributed by atoms with Gasteiger partial charge in [-0.2, -0.15) is 0 Å². The van der Waals surface area contributed by atoms with Crippen molar-refractivity contribution >= 4 is 0 Å². The quantitative estimate of drug-likeness (QED) is 0.889. The Kier molecular flexibility index (Phi) is 4.72. The fourth-order valence-corrected chi connectivity index (χ4v) is 2.47. The van der Waals surface area contributed by atoms with Crippen molar-refractivity contribution in [2.24, 2.45) is 5.73 Å². The maximum absolute atomic E-state index is 13.2. The van der Waals surface area contributed by atoms with Crippen LogP contribution in [0.25, 0.3) is 0 Å². The Labute approximate surface area is 108 Å². The minimum absolute atomic E-state index is 0.0187. The minimum Gasteiger partial charge on any atom is -0.378 e. The van der Waals surface area contributed by atoms with Crippen LogP contribution < -0.4 is 5.73 Å². The third-order valence-electron chi connectivity index (χ3n) is 3.68. The van der Waals surface area contributed by atoms with Crippen molar-refractivity contribution in [2.45, 2.75) is 51.2 Å². The Morgan fingerprint density at radius 3 is 2.94 bits per heavy atom. The lowest BCUT2D eigenvalue weighted by Gasteiger charge is -2.24. The molecule has 2 rings (SSSR count). The van der Waals surface area contributed by atoms with Crippen molar-refractivity contribution in [1.82, 2.24) is 0 Å². The summed E-state index contributed by atoms with van der Waals surface area (Å²) in [5, 5.41) is 0. The first-order valence-electron chi connectivity index (χ1n) is 6.80. The third-order valence-corrected chi connectivity index (χ3v) is 3.68. The first-order valence-corrected chi connectivity index (χ1v) is 6.80. The predicted octanol–water partition coefficient (Wildman–Crippen LogP) is 3.48. The van der Waals surface area contributed by atoms with Crippen LogP contribution in [-0.2, 0) is 4.74 Å². The number of aryl methyl sites for hydroxylation is 1. The van der Waals surface area contributed by atoms with E-state index in [1.54, 1.807) is 13.0 Å². The Bertz CT molecular complexity index is 388. The van der Waals surface area contributed by atoms with Crippen LogP contribution in [0.1, 0.15) is 49.3 Å². The lowest BCUT2D eigenvalue weighted by Crippen LogP contribution is -2.21. The zero-order valence-electron chi connectivity index (χ0n) is 11.0. The SMILES string of the molecule is Cc1cc(C(N)CCC2CCCCO2)ccc1F. The summed E-state index contributed by atoms with van der Waals surface area (Å²) in [6, 6.07) is 5.12. The average molecular weight is 251 g/mol. The summed E-state index contributed by atoms with van der Waals surface area (Å²) in [6.45, 7) is 2.66. The molecule has 100 valence electrons. The molecule has 1 aliphatic rings. The Hall–Kier alpha value is -0.930. The van der Waals surface area contributed by atoms with Crippen molar-refractivity contribution in [1.29, 1.82) is 0 Å². The van der Waals surface area contributed by atoms with Crippen LogP contribution in [-0.4, -0.2) is 12.7 Å². The molecule has 0 amide bonds. The summed E-state index contributed by atoms with van der Waals surface area (Å²) in [5.41, 5.74) is 7.84. The van der Waals surface area contributed by atoms with E-state index in [4.69, 9.17) is 10.5 Å². The molecule has 2 N–H and O–H groups in total. The van der Waals surface area contributed by atoms with Crippen LogP contribution in [0, 0.1) is 12.7 Å². The maximum atomic E-state index is 13.2. The molecular formula is C15H22FNO. The number of hydrogen-bond acceptors (Lipinski definition) is 2. The van der Waals surface area contributed by atoms with Gasteiger partial charge >= 0.3 is 0 Å². The second-order valence-electron chi connectivity index (χ2n) is 5.18. The largest absolute Gasteiger partial charge is 0.378 e. The number of rotatable bonds is 4. The van der Waals surface area contributed by atoms with Gasteiger partial charge in [0.2, 0.25) is 0 Å². The van der Waals surface area contributed by atoms with Gasteiger partial charge < -0.3 is 10.5 Å². The first kappa shape index (κ1) is 13.5. The standard InChI is InChI=1S/C15H22FNO/c1-11-10-12(5-7-14(11)16)15(17)8-6-13-4-2-3-9-18-13/h5,7,10,13,15H,2-4,6,8-9,17H2,1H3. The van der Waals surface area contributed by atoms with Gasteiger partial charge in [0.25, 0.3) is 0 Å². The van der Waals surface area contributed by atoms with Gasteiger partial charge in [0.05, 0.1) is 6.10 Å². The highest BCUT2D eigenvalue weighted by Gasteiger charge is 2.16. The van der Waals surface area contributed by atoms with Crippen LogP contribution in [0.2, 0.25) is 0 Å². The molecule has 0 bridgehead atoms. The molecule has 18 heavy (non-hydrogen) atoms. The van der Waals surface area contributed by atoms with E-state index in [1.807, 2.05) is 6.07 Å². The van der Waals surface area contributed by atoms with Crippen molar-refractivity contribution < 1.29 is 9.13 Å². The molecule has 0 radical (unpaired) electrons. The molecule has 0 aliphatic carbocycles. The lowest BCUT2D eigenvalue weighted by molar-refractivity contribution is 0.00912. The number of ether oxygens (including phenoxy) is 1. The molecule has 1 heterocycles. The van der Waals surface area contributed by atoms with Gasteiger partial charge in [-0.25, -0.2) is 4.39 Å². The molecule has 2 unspecified atom stereocenters. The molecule has 1 fully saturated rings. The van der Waals surface area contributed by atoms with E-state index < -0.39 is 0 Å². The smallest absolute Gasteiger partial charge is 0.126 e. The number of benzene rings is 1. The van der Waals surface area contributed by atoms with E-state index in [1.165, 1.54) is 18.9 Å². The first-order chi connectivity index (χ1) is 8.66. The second-order valence-corrected chi connectivity index (χ2v) is 5.18. The number of halogens is 1. The average Bonchev–Trinajstić information content (AvgIpc) is 2.40. The fourth-order valence-electron chi connectivity index (χ4n) is 2.47. The molecule has 2 nitrogen and oxygen atoms in total. The monoisotopic (exact) mass is 251 g/mol. The van der Waals surface area contributed by atoms with Gasteiger partial charge in [0, 0.05) is 12.6 Å². The molecule has 1 saturated heterocycles. The van der Waals surface area contributed by atoms with Crippen molar-refractivity contribution in [3.8, 4) is 0 Å². The molecule has 1 aliphatic heterocycles. The molecule has 0 saturated carbocycles. The summed E-state index contributed by atoms with van der Waals surface area (Å²) in [5.74, 6) is -0.165. The van der Waals surface area contributed by atoms with E-state index in [9.17, 15) is 4.39 Å². The molecule has 2 atom stereocenters. The molecule has 0 spiro atoms. The maximum Gasteiger partial charge on any atom is 0.126 e. The van der Waals surface area contributed by atoms with Gasteiger partial charge in [-0.3, -0.25) is 0 Å². The van der Waals surface area contributed by atoms with Gasteiger partial charge in [-0.15, -0.1) is 0 Å². The van der Waals surface area contributed by atoms with Crippen molar-refractivity contribution in [2.75, 3.05) is 6.61 Å². The van der Waals surface area contributed by atoms with E-state index in [-0.39, 0.29) is 11.9 Å². The van der Waals surface area contributed by atoms with Crippen LogP contribution in [0.15, 0.2) is 18.2 Å². The number of hydrogen-bond donors (Lipinski definition) is 1. The summed E-state index contributed by atoms with van der Waals surface area (Å²) in [4.78, 5) is 0. The summed E-state index contributed by atoms with van der Waals surface area (Å²) in [7, 11) is 0. The van der Waals surface area contributed by atoms with Gasteiger partial charge in [0.1, 0.15) is 5.82 Å². The van der Waals surface area contributed by atoms with Crippen LogP contribution in [0.3, 0.4) is 0 Å². The molecule has 1 aromatic rings. The third kappa shape index (κ3) is 3.53. The Morgan fingerprint density at radius 2 is 2.28 bits per heavy atom. The molecule has 0 aromatic heterocycles. The van der Waals surface area contributed by atoms with Gasteiger partial charge in [0.15, 0.2) is 0 Å². The van der Waals surface area contributed by atoms with Crippen LogP contribution >= 0.6 is 0 Å². The zero-order chi connectivity index (χ0) is 13.0. The van der Waals surface area contributed by atoms with Crippen LogP contribution in [0.4, 0.5) is 4.39 Å². The summed E-state index contributed by atoms with van der Waals surface area (Å²) < 4.78 is 18.9. The molecular weight excluding hydrogens is 229 g/mol. The van der Waals surface area contributed by atoms with E-state index in [0.717, 1.165) is 31.4 Å². The highest BCUT2D eigenvalue weighted by atomic mass is 19.1. The second kappa shape index (κ2) is 6.30. The highest BCUT2D eigenvalue weighted by molar-refractivity contribution is 5.26. The predicted molar refractivity (Wildman–Crippen MR) is 70.9 cm³/mol. The zero-order valence-corrected chi connectivity index (χ0v) is 11.0. The van der Waals surface area contributed by atoms with Crippen molar-refractivity contribution in [3.63, 3.8) is 0 Å². The Balaban J connectivity index is 1.86. The molecule has 1 aromatic carbocycles. The number of nitrogens with two attached hydrogens (primary N) is 1. The Morgan fingerprint density at radius 1 is 1.44 bits per heavy atom. The fraction of sp³-hybridized carbons (Fsp3) is 0.600. The van der Waals surface area contributed by atoms with E-state index in [0.29, 0.717) is 11.7 Å². The highest BCUT2D eigenvalue weighted by Crippen LogP contribution is 2.23. The van der Waals surface area contributed by atoms with Gasteiger partial charge in [-0.1, -0.05) is 12.1 Å². The van der Waals surface area contributed by atoms with E-state index >= 15 is 0 Å². The summed E-state index contributed by atoms with van der Waals surface area (Å²) in [6.07, 6.45) is 5.85. The van der Waals surface area contributed by atoms with E-state index in [2.05, 4.69) is 0 Å². The normalized spacial score (nSPS) is 21.8. The summed E-state index contributed by atoms with van der Waals surface area (Å²) >= 11 is 0.